The molecule has 9 heteroatoms. The fraction of sp³-hybridized carbons (Fsp3) is 0.583. The van der Waals surface area contributed by atoms with E-state index in [4.69, 9.17) is 0 Å². The van der Waals surface area contributed by atoms with Crippen LogP contribution in [0.3, 0.4) is 0 Å². The van der Waals surface area contributed by atoms with Crippen LogP contribution in [0.2, 0.25) is 0 Å². The van der Waals surface area contributed by atoms with Gasteiger partial charge < -0.3 is 10.6 Å². The molecule has 33 heavy (non-hydrogen) atoms. The SMILES string of the molecule is C=C1C(=O)N=C(n2nc(C)cc2NC(=O)C(=O)NC2CCCCCCCCCCC2)N=C1C. The number of carbonyl (C=O) groups excluding carboxylic acids is 3. The minimum atomic E-state index is -0.782. The summed E-state index contributed by atoms with van der Waals surface area (Å²) >= 11 is 0. The Labute approximate surface area is 194 Å². The number of carbonyl (C=O) groups is 3. The third-order valence-corrected chi connectivity index (χ3v) is 6.07. The Kier molecular flexibility index (Phi) is 8.68. The lowest BCUT2D eigenvalue weighted by atomic mass is 9.98. The van der Waals surface area contributed by atoms with E-state index in [2.05, 4.69) is 32.3 Å². The quantitative estimate of drug-likeness (QED) is 0.523. The number of aryl methyl sites for hydroxylation is 1. The average Bonchev–Trinajstić information content (AvgIpc) is 3.13. The number of aliphatic imine (C=N–C) groups is 2. The maximum atomic E-state index is 12.7. The van der Waals surface area contributed by atoms with Crippen molar-refractivity contribution < 1.29 is 14.4 Å². The summed E-state index contributed by atoms with van der Waals surface area (Å²) in [5, 5.41) is 9.77. The monoisotopic (exact) mass is 454 g/mol. The van der Waals surface area contributed by atoms with Crippen molar-refractivity contribution in [3.63, 3.8) is 0 Å². The van der Waals surface area contributed by atoms with Crippen molar-refractivity contribution >= 4 is 35.2 Å². The standard InChI is InChI=1S/C24H34N6O3/c1-16-15-20(30(29-16)24-25-18(3)17(2)21(31)28-24)27-23(33)22(32)26-19-13-11-9-7-5-4-6-8-10-12-14-19/h15,19H,2,4-14H2,1,3H3,(H,26,32)(H,27,33). The van der Waals surface area contributed by atoms with Crippen LogP contribution in [0.25, 0.3) is 0 Å². The number of hydrogen-bond acceptors (Lipinski definition) is 5. The molecule has 3 amide bonds. The van der Waals surface area contributed by atoms with E-state index in [1.165, 1.54) is 36.8 Å². The van der Waals surface area contributed by atoms with Gasteiger partial charge in [-0.15, -0.1) is 0 Å². The van der Waals surface area contributed by atoms with E-state index in [9.17, 15) is 14.4 Å². The van der Waals surface area contributed by atoms with Crippen molar-refractivity contribution in [2.75, 3.05) is 5.32 Å². The van der Waals surface area contributed by atoms with E-state index < -0.39 is 17.7 Å². The molecule has 0 bridgehead atoms. The van der Waals surface area contributed by atoms with Gasteiger partial charge in [0, 0.05) is 12.1 Å². The van der Waals surface area contributed by atoms with Crippen LogP contribution in [0.5, 0.6) is 0 Å². The first-order valence-electron chi connectivity index (χ1n) is 11.9. The number of hydrogen-bond donors (Lipinski definition) is 2. The van der Waals surface area contributed by atoms with Gasteiger partial charge in [0.25, 0.3) is 11.9 Å². The first-order chi connectivity index (χ1) is 15.8. The summed E-state index contributed by atoms with van der Waals surface area (Å²) in [6.07, 6.45) is 12.5. The minimum Gasteiger partial charge on any atom is -0.345 e. The molecule has 1 aromatic heterocycles. The molecular weight excluding hydrogens is 420 g/mol. The predicted octanol–water partition coefficient (Wildman–Crippen LogP) is 3.68. The molecule has 1 aromatic rings. The van der Waals surface area contributed by atoms with Crippen LogP contribution in [-0.4, -0.2) is 45.2 Å². The zero-order chi connectivity index (χ0) is 23.8. The molecule has 178 valence electrons. The smallest absolute Gasteiger partial charge is 0.314 e. The number of rotatable bonds is 2. The number of amides is 3. The lowest BCUT2D eigenvalue weighted by Crippen LogP contribution is -2.42. The largest absolute Gasteiger partial charge is 0.345 e. The molecule has 0 atom stereocenters. The second kappa shape index (κ2) is 11.7. The Morgan fingerprint density at radius 3 is 2.09 bits per heavy atom. The summed E-state index contributed by atoms with van der Waals surface area (Å²) in [6.45, 7) is 7.04. The summed E-state index contributed by atoms with van der Waals surface area (Å²) in [7, 11) is 0. The van der Waals surface area contributed by atoms with Crippen molar-refractivity contribution in [2.45, 2.75) is 90.5 Å². The van der Waals surface area contributed by atoms with Crippen LogP contribution in [0.1, 0.15) is 83.2 Å². The molecule has 3 rings (SSSR count). The Balaban J connectivity index is 1.65. The Morgan fingerprint density at radius 2 is 1.52 bits per heavy atom. The van der Waals surface area contributed by atoms with Gasteiger partial charge in [0.2, 0.25) is 0 Å². The first kappa shape index (κ1) is 24.5. The second-order valence-electron chi connectivity index (χ2n) is 8.86. The fourth-order valence-electron chi connectivity index (χ4n) is 4.12. The number of nitrogens with one attached hydrogen (secondary N) is 2. The van der Waals surface area contributed by atoms with Crippen LogP contribution >= 0.6 is 0 Å². The van der Waals surface area contributed by atoms with E-state index in [0.717, 1.165) is 38.5 Å². The maximum absolute atomic E-state index is 12.7. The molecule has 0 unspecified atom stereocenters. The normalized spacial score (nSPS) is 19.1. The summed E-state index contributed by atoms with van der Waals surface area (Å²) in [6, 6.07) is 1.59. The summed E-state index contributed by atoms with van der Waals surface area (Å²) in [5.41, 5.74) is 1.22. The molecule has 0 radical (unpaired) electrons. The van der Waals surface area contributed by atoms with Crippen LogP contribution in [0.4, 0.5) is 5.82 Å². The minimum absolute atomic E-state index is 0.00655. The number of aromatic nitrogens is 2. The molecule has 0 saturated heterocycles. The Hall–Kier alpha value is -3.10. The van der Waals surface area contributed by atoms with Crippen molar-refractivity contribution in [1.29, 1.82) is 0 Å². The molecular formula is C24H34N6O3. The lowest BCUT2D eigenvalue weighted by Gasteiger charge is -2.19. The zero-order valence-electron chi connectivity index (χ0n) is 19.7. The van der Waals surface area contributed by atoms with E-state index in [0.29, 0.717) is 11.4 Å². The summed E-state index contributed by atoms with van der Waals surface area (Å²) < 4.78 is 1.25. The van der Waals surface area contributed by atoms with Crippen molar-refractivity contribution in [2.24, 2.45) is 9.98 Å². The molecule has 9 nitrogen and oxygen atoms in total. The van der Waals surface area contributed by atoms with Crippen LogP contribution < -0.4 is 10.6 Å². The predicted molar refractivity (Wildman–Crippen MR) is 128 cm³/mol. The van der Waals surface area contributed by atoms with Crippen molar-refractivity contribution in [3.8, 4) is 0 Å². The highest BCUT2D eigenvalue weighted by Gasteiger charge is 2.24. The van der Waals surface area contributed by atoms with Gasteiger partial charge >= 0.3 is 11.8 Å². The molecule has 2 aliphatic rings. The van der Waals surface area contributed by atoms with Gasteiger partial charge in [-0.25, -0.2) is 4.99 Å². The summed E-state index contributed by atoms with van der Waals surface area (Å²) in [5.74, 6) is -1.72. The lowest BCUT2D eigenvalue weighted by molar-refractivity contribution is -0.136. The van der Waals surface area contributed by atoms with Gasteiger partial charge in [0.15, 0.2) is 0 Å². The molecule has 0 aromatic carbocycles. The van der Waals surface area contributed by atoms with Crippen LogP contribution in [0.15, 0.2) is 28.2 Å². The molecule has 0 spiro atoms. The highest BCUT2D eigenvalue weighted by Crippen LogP contribution is 2.18. The van der Waals surface area contributed by atoms with Gasteiger partial charge in [-0.2, -0.15) is 14.8 Å². The number of anilines is 1. The fourth-order valence-corrected chi connectivity index (χ4v) is 4.12. The maximum Gasteiger partial charge on any atom is 0.314 e. The Morgan fingerprint density at radius 1 is 0.939 bits per heavy atom. The molecule has 2 heterocycles. The van der Waals surface area contributed by atoms with Gasteiger partial charge in [-0.1, -0.05) is 64.4 Å². The van der Waals surface area contributed by atoms with E-state index >= 15 is 0 Å². The third-order valence-electron chi connectivity index (χ3n) is 6.07. The Bertz CT molecular complexity index is 963. The number of nitrogens with zero attached hydrogens (tertiary/aromatic N) is 4. The average molecular weight is 455 g/mol. The van der Waals surface area contributed by atoms with E-state index in [1.54, 1.807) is 19.9 Å². The summed E-state index contributed by atoms with van der Waals surface area (Å²) in [4.78, 5) is 45.5. The zero-order valence-corrected chi connectivity index (χ0v) is 19.7. The van der Waals surface area contributed by atoms with Gasteiger partial charge in [0.1, 0.15) is 5.82 Å². The van der Waals surface area contributed by atoms with Crippen LogP contribution in [-0.2, 0) is 14.4 Å². The van der Waals surface area contributed by atoms with Gasteiger partial charge in [0.05, 0.1) is 17.0 Å². The van der Waals surface area contributed by atoms with E-state index in [1.807, 2.05) is 0 Å². The topological polar surface area (TPSA) is 118 Å². The molecule has 1 saturated carbocycles. The van der Waals surface area contributed by atoms with Crippen LogP contribution in [0, 0.1) is 6.92 Å². The van der Waals surface area contributed by atoms with Gasteiger partial charge in [-0.3, -0.25) is 14.4 Å². The molecule has 2 N–H and O–H groups in total. The highest BCUT2D eigenvalue weighted by molar-refractivity contribution is 6.39. The highest BCUT2D eigenvalue weighted by atomic mass is 16.2. The molecule has 1 aliphatic heterocycles. The van der Waals surface area contributed by atoms with Gasteiger partial charge in [-0.05, 0) is 26.7 Å². The van der Waals surface area contributed by atoms with E-state index in [-0.39, 0.29) is 23.4 Å². The van der Waals surface area contributed by atoms with Crippen molar-refractivity contribution in [3.05, 3.63) is 23.9 Å². The second-order valence-corrected chi connectivity index (χ2v) is 8.86. The molecule has 1 aliphatic carbocycles. The first-order valence-corrected chi connectivity index (χ1v) is 11.9. The molecule has 1 fully saturated rings. The third kappa shape index (κ3) is 6.94. The van der Waals surface area contributed by atoms with Crippen molar-refractivity contribution in [1.82, 2.24) is 15.1 Å².